The smallest absolute Gasteiger partial charge is 0.263 e. The molecule has 32 heavy (non-hydrogen) atoms. The maximum Gasteiger partial charge on any atom is 0.263 e. The van der Waals surface area contributed by atoms with Gasteiger partial charge in [-0.15, -0.1) is 11.3 Å². The van der Waals surface area contributed by atoms with Crippen molar-refractivity contribution in [3.05, 3.63) is 47.0 Å². The summed E-state index contributed by atoms with van der Waals surface area (Å²) < 4.78 is 1.09. The first kappa shape index (κ1) is 21.2. The normalized spacial score (nSPS) is 17.1. The number of rotatable bonds is 5. The highest BCUT2D eigenvalue weighted by atomic mass is 32.1. The van der Waals surface area contributed by atoms with Crippen LogP contribution in [0.25, 0.3) is 10.1 Å². The van der Waals surface area contributed by atoms with Crippen molar-refractivity contribution in [2.45, 2.75) is 31.6 Å². The van der Waals surface area contributed by atoms with Crippen LogP contribution >= 0.6 is 11.3 Å². The van der Waals surface area contributed by atoms with Crippen LogP contribution in [0.15, 0.2) is 36.5 Å². The maximum atomic E-state index is 12.9. The van der Waals surface area contributed by atoms with Crippen LogP contribution in [-0.2, 0) is 0 Å². The summed E-state index contributed by atoms with van der Waals surface area (Å²) in [6.07, 6.45) is 6.74. The molecular weight excluding hydrogens is 418 g/mol. The molecule has 0 unspecified atom stereocenters. The summed E-state index contributed by atoms with van der Waals surface area (Å²) in [5.41, 5.74) is 3.51. The number of carbonyl (C=O) groups excluding carboxylic acids is 1. The molecule has 2 aromatic heterocycles. The van der Waals surface area contributed by atoms with E-state index in [0.29, 0.717) is 5.92 Å². The number of nitrogens with one attached hydrogen (secondary N) is 2. The molecule has 1 aromatic carbocycles. The predicted octanol–water partition coefficient (Wildman–Crippen LogP) is 4.81. The van der Waals surface area contributed by atoms with Gasteiger partial charge in [0.2, 0.25) is 0 Å². The Morgan fingerprint density at radius 1 is 1.19 bits per heavy atom. The van der Waals surface area contributed by atoms with Gasteiger partial charge in [-0.1, -0.05) is 18.9 Å². The Labute approximate surface area is 193 Å². The molecule has 6 nitrogen and oxygen atoms in total. The number of benzene rings is 1. The maximum absolute atomic E-state index is 12.9. The first-order valence-corrected chi connectivity index (χ1v) is 12.4. The van der Waals surface area contributed by atoms with Gasteiger partial charge in [0, 0.05) is 63.2 Å². The second kappa shape index (κ2) is 9.08. The van der Waals surface area contributed by atoms with Crippen molar-refractivity contribution in [2.24, 2.45) is 0 Å². The molecule has 1 aliphatic heterocycles. The number of pyridine rings is 1. The first-order valence-electron chi connectivity index (χ1n) is 11.6. The van der Waals surface area contributed by atoms with Gasteiger partial charge < -0.3 is 20.4 Å². The fourth-order valence-corrected chi connectivity index (χ4v) is 6.18. The molecule has 1 aliphatic carbocycles. The number of amides is 1. The number of hydrogen-bond donors (Lipinski definition) is 2. The molecule has 0 radical (unpaired) electrons. The molecule has 1 saturated heterocycles. The van der Waals surface area contributed by atoms with E-state index >= 15 is 0 Å². The summed E-state index contributed by atoms with van der Waals surface area (Å²) in [5, 5.41) is 8.10. The summed E-state index contributed by atoms with van der Waals surface area (Å²) in [4.78, 5) is 22.6. The quantitative estimate of drug-likeness (QED) is 0.585. The predicted molar refractivity (Wildman–Crippen MR) is 134 cm³/mol. The van der Waals surface area contributed by atoms with Gasteiger partial charge in [0.15, 0.2) is 0 Å². The summed E-state index contributed by atoms with van der Waals surface area (Å²) in [6, 6.07) is 10.7. The molecule has 3 aromatic rings. The van der Waals surface area contributed by atoms with E-state index in [0.717, 1.165) is 60.1 Å². The molecule has 0 bridgehead atoms. The molecule has 0 spiro atoms. The van der Waals surface area contributed by atoms with Crippen LogP contribution in [0.1, 0.15) is 46.8 Å². The fourth-order valence-electron chi connectivity index (χ4n) is 4.92. The number of aromatic nitrogens is 1. The number of fused-ring (bicyclic) bond motifs is 1. The third-order valence-electron chi connectivity index (χ3n) is 6.58. The number of hydrogen-bond acceptors (Lipinski definition) is 6. The standard InChI is InChI=1S/C25H31N5OS/c1-29(2)25(31)24-23(17-6-3-4-7-17)20-15-22(27-16-21(20)32-24)28-18-8-5-9-19(14-18)30-12-10-26-11-13-30/h5,8-9,14-17,26H,3-4,6-7,10-13H2,1-2H3,(H,27,28). The fraction of sp³-hybridized carbons (Fsp3) is 0.440. The molecule has 0 atom stereocenters. The van der Waals surface area contributed by atoms with Crippen LogP contribution in [0.5, 0.6) is 0 Å². The molecular formula is C25H31N5OS. The Morgan fingerprint density at radius 2 is 1.97 bits per heavy atom. The van der Waals surface area contributed by atoms with Crippen molar-refractivity contribution in [1.29, 1.82) is 0 Å². The van der Waals surface area contributed by atoms with Gasteiger partial charge in [-0.3, -0.25) is 4.79 Å². The van der Waals surface area contributed by atoms with Crippen molar-refractivity contribution in [1.82, 2.24) is 15.2 Å². The SMILES string of the molecule is CN(C)C(=O)c1sc2cnc(Nc3cccc(N4CCNCC4)c3)cc2c1C1CCCC1. The van der Waals surface area contributed by atoms with Crippen molar-refractivity contribution in [3.63, 3.8) is 0 Å². The van der Waals surface area contributed by atoms with Crippen LogP contribution in [-0.4, -0.2) is 56.1 Å². The monoisotopic (exact) mass is 449 g/mol. The van der Waals surface area contributed by atoms with Crippen molar-refractivity contribution in [2.75, 3.05) is 50.5 Å². The second-order valence-electron chi connectivity index (χ2n) is 9.00. The molecule has 2 fully saturated rings. The summed E-state index contributed by atoms with van der Waals surface area (Å²) in [5.74, 6) is 1.40. The highest BCUT2D eigenvalue weighted by Crippen LogP contribution is 2.44. The zero-order valence-electron chi connectivity index (χ0n) is 18.9. The largest absolute Gasteiger partial charge is 0.369 e. The van der Waals surface area contributed by atoms with Crippen LogP contribution in [0, 0.1) is 0 Å². The summed E-state index contributed by atoms with van der Waals surface area (Å²) in [7, 11) is 3.67. The van der Waals surface area contributed by atoms with Crippen LogP contribution in [0.2, 0.25) is 0 Å². The minimum Gasteiger partial charge on any atom is -0.369 e. The van der Waals surface area contributed by atoms with E-state index in [4.69, 9.17) is 0 Å². The lowest BCUT2D eigenvalue weighted by atomic mass is 9.94. The van der Waals surface area contributed by atoms with E-state index in [1.807, 2.05) is 20.3 Å². The van der Waals surface area contributed by atoms with Crippen molar-refractivity contribution < 1.29 is 4.79 Å². The van der Waals surface area contributed by atoms with E-state index in [9.17, 15) is 4.79 Å². The minimum absolute atomic E-state index is 0.103. The van der Waals surface area contributed by atoms with Crippen LogP contribution < -0.4 is 15.5 Å². The topological polar surface area (TPSA) is 60.5 Å². The number of anilines is 3. The lowest BCUT2D eigenvalue weighted by Crippen LogP contribution is -2.43. The lowest BCUT2D eigenvalue weighted by Gasteiger charge is -2.29. The van der Waals surface area contributed by atoms with Crippen molar-refractivity contribution in [3.8, 4) is 0 Å². The van der Waals surface area contributed by atoms with E-state index in [-0.39, 0.29) is 5.91 Å². The van der Waals surface area contributed by atoms with E-state index in [1.54, 1.807) is 16.2 Å². The molecule has 2 aliphatic rings. The molecule has 3 heterocycles. The lowest BCUT2D eigenvalue weighted by molar-refractivity contribution is 0.0831. The van der Waals surface area contributed by atoms with Crippen LogP contribution in [0.4, 0.5) is 17.2 Å². The second-order valence-corrected chi connectivity index (χ2v) is 10.1. The highest BCUT2D eigenvalue weighted by Gasteiger charge is 2.28. The van der Waals surface area contributed by atoms with Gasteiger partial charge in [0.25, 0.3) is 5.91 Å². The molecule has 2 N–H and O–H groups in total. The Balaban J connectivity index is 1.48. The highest BCUT2D eigenvalue weighted by molar-refractivity contribution is 7.21. The van der Waals surface area contributed by atoms with Gasteiger partial charge in [0.1, 0.15) is 5.82 Å². The third-order valence-corrected chi connectivity index (χ3v) is 7.72. The Hall–Kier alpha value is -2.64. The van der Waals surface area contributed by atoms with Gasteiger partial charge in [0.05, 0.1) is 9.58 Å². The van der Waals surface area contributed by atoms with Gasteiger partial charge >= 0.3 is 0 Å². The molecule has 1 saturated carbocycles. The zero-order chi connectivity index (χ0) is 22.1. The van der Waals surface area contributed by atoms with Crippen LogP contribution in [0.3, 0.4) is 0 Å². The third kappa shape index (κ3) is 4.19. The Bertz CT molecular complexity index is 1110. The average Bonchev–Trinajstić information content (AvgIpc) is 3.46. The number of carbonyl (C=O) groups is 1. The average molecular weight is 450 g/mol. The number of piperazine rings is 1. The van der Waals surface area contributed by atoms with E-state index < -0.39 is 0 Å². The zero-order valence-corrected chi connectivity index (χ0v) is 19.7. The van der Waals surface area contributed by atoms with E-state index in [2.05, 4.69) is 50.8 Å². The summed E-state index contributed by atoms with van der Waals surface area (Å²) in [6.45, 7) is 4.09. The Kier molecular flexibility index (Phi) is 6.02. The number of nitrogens with zero attached hydrogens (tertiary/aromatic N) is 3. The summed E-state index contributed by atoms with van der Waals surface area (Å²) >= 11 is 1.59. The van der Waals surface area contributed by atoms with E-state index in [1.165, 1.54) is 29.5 Å². The number of thiophene rings is 1. The van der Waals surface area contributed by atoms with Gasteiger partial charge in [-0.05, 0) is 48.6 Å². The minimum atomic E-state index is 0.103. The molecule has 168 valence electrons. The molecule has 1 amide bonds. The molecule has 5 rings (SSSR count). The first-order chi connectivity index (χ1) is 15.6. The van der Waals surface area contributed by atoms with Gasteiger partial charge in [-0.25, -0.2) is 4.98 Å². The Morgan fingerprint density at radius 3 is 2.72 bits per heavy atom. The van der Waals surface area contributed by atoms with Gasteiger partial charge in [-0.2, -0.15) is 0 Å². The molecule has 7 heteroatoms. The van der Waals surface area contributed by atoms with Crippen molar-refractivity contribution >= 4 is 44.5 Å².